The molecule has 0 heterocycles. The third kappa shape index (κ3) is 5.93. The molecule has 2 heteroatoms. The van der Waals surface area contributed by atoms with Gasteiger partial charge in [0.15, 0.2) is 0 Å². The molecule has 0 N–H and O–H groups in total. The van der Waals surface area contributed by atoms with Gasteiger partial charge in [-0.2, -0.15) is 0 Å². The van der Waals surface area contributed by atoms with E-state index in [0.717, 1.165) is 30.4 Å². The molecule has 5 aromatic carbocycles. The number of benzene rings is 5. The van der Waals surface area contributed by atoms with E-state index >= 15 is 0 Å². The average Bonchev–Trinajstić information content (AvgIpc) is 2.91. The van der Waals surface area contributed by atoms with Gasteiger partial charge in [0, 0.05) is 0 Å². The first-order chi connectivity index (χ1) is 17.7. The molecule has 0 bridgehead atoms. The SMILES string of the molecule is c1ccc(CP(Cc2ccccc2)(Cc2ccccc2)(Cc2ccccc2)Oc2ccccc2)cc1. The van der Waals surface area contributed by atoms with Crippen LogP contribution in [0.15, 0.2) is 152 Å². The van der Waals surface area contributed by atoms with E-state index in [2.05, 4.69) is 152 Å². The van der Waals surface area contributed by atoms with Crippen molar-refractivity contribution in [3.63, 3.8) is 0 Å². The molecule has 0 radical (unpaired) electrons. The van der Waals surface area contributed by atoms with Gasteiger partial charge < -0.3 is 0 Å². The van der Waals surface area contributed by atoms with E-state index in [9.17, 15) is 0 Å². The second-order valence-electron chi connectivity index (χ2n) is 9.84. The van der Waals surface area contributed by atoms with Crippen LogP contribution in [0.25, 0.3) is 0 Å². The molecule has 36 heavy (non-hydrogen) atoms. The molecule has 0 amide bonds. The summed E-state index contributed by atoms with van der Waals surface area (Å²) >= 11 is 0. The summed E-state index contributed by atoms with van der Waals surface area (Å²) in [5.74, 6) is 0.953. The Bertz CT molecular complexity index is 1080. The van der Waals surface area contributed by atoms with Gasteiger partial charge in [0.1, 0.15) is 0 Å². The fourth-order valence-corrected chi connectivity index (χ4v) is 11.6. The molecule has 5 aromatic rings. The molecule has 0 aliphatic carbocycles. The van der Waals surface area contributed by atoms with Crippen molar-refractivity contribution in [3.8, 4) is 5.75 Å². The molecule has 0 unspecified atom stereocenters. The summed E-state index contributed by atoms with van der Waals surface area (Å²) in [5, 5.41) is 0. The zero-order chi connectivity index (χ0) is 24.5. The van der Waals surface area contributed by atoms with Gasteiger partial charge in [0.05, 0.1) is 0 Å². The summed E-state index contributed by atoms with van der Waals surface area (Å²) in [7, 11) is 0. The number of hydrogen-bond acceptors (Lipinski definition) is 1. The van der Waals surface area contributed by atoms with Crippen LogP contribution in [-0.2, 0) is 24.6 Å². The summed E-state index contributed by atoms with van der Waals surface area (Å²) in [5.41, 5.74) is 5.31. The van der Waals surface area contributed by atoms with Crippen LogP contribution < -0.4 is 4.52 Å². The first kappa shape index (κ1) is 24.0. The summed E-state index contributed by atoms with van der Waals surface area (Å²) < 4.78 is 7.54. The quantitative estimate of drug-likeness (QED) is 0.178. The molecule has 180 valence electrons. The molecule has 0 saturated heterocycles. The summed E-state index contributed by atoms with van der Waals surface area (Å²) in [6.07, 6.45) is 3.61. The molecule has 5 rings (SSSR count). The van der Waals surface area contributed by atoms with Crippen LogP contribution in [0.2, 0.25) is 0 Å². The second-order valence-corrected chi connectivity index (χ2v) is 15.0. The van der Waals surface area contributed by atoms with Gasteiger partial charge in [-0.25, -0.2) is 0 Å². The molecule has 0 atom stereocenters. The van der Waals surface area contributed by atoms with E-state index < -0.39 is 6.83 Å². The monoisotopic (exact) mass is 488 g/mol. The van der Waals surface area contributed by atoms with Gasteiger partial charge in [-0.15, -0.1) is 0 Å². The van der Waals surface area contributed by atoms with Gasteiger partial charge >= 0.3 is 216 Å². The topological polar surface area (TPSA) is 9.23 Å². The van der Waals surface area contributed by atoms with Crippen molar-refractivity contribution in [2.24, 2.45) is 0 Å². The van der Waals surface area contributed by atoms with E-state index in [-0.39, 0.29) is 0 Å². The molecule has 0 aliphatic rings. The Morgan fingerprint density at radius 2 is 0.583 bits per heavy atom. The van der Waals surface area contributed by atoms with Crippen LogP contribution in [0.5, 0.6) is 5.75 Å². The van der Waals surface area contributed by atoms with Gasteiger partial charge in [-0.3, -0.25) is 0 Å². The summed E-state index contributed by atoms with van der Waals surface area (Å²) in [6, 6.07) is 54.1. The summed E-state index contributed by atoms with van der Waals surface area (Å²) in [4.78, 5) is 0. The molecule has 0 saturated carbocycles. The molecular formula is C34H33OP. The van der Waals surface area contributed by atoms with Crippen molar-refractivity contribution >= 4 is 6.83 Å². The van der Waals surface area contributed by atoms with E-state index in [0.29, 0.717) is 0 Å². The molecule has 0 aromatic heterocycles. The van der Waals surface area contributed by atoms with Crippen molar-refractivity contribution in [1.29, 1.82) is 0 Å². The maximum absolute atomic E-state index is 7.54. The van der Waals surface area contributed by atoms with E-state index in [1.807, 2.05) is 0 Å². The Morgan fingerprint density at radius 3 is 0.861 bits per heavy atom. The van der Waals surface area contributed by atoms with Crippen LogP contribution in [0, 0.1) is 0 Å². The average molecular weight is 489 g/mol. The van der Waals surface area contributed by atoms with E-state index in [4.69, 9.17) is 4.52 Å². The number of hydrogen-bond donors (Lipinski definition) is 0. The Kier molecular flexibility index (Phi) is 7.31. The maximum atomic E-state index is 7.54. The third-order valence-corrected chi connectivity index (χ3v) is 12.2. The van der Waals surface area contributed by atoms with Crippen LogP contribution in [0.1, 0.15) is 22.3 Å². The minimum atomic E-state index is -3.07. The van der Waals surface area contributed by atoms with Gasteiger partial charge in [-0.05, 0) is 0 Å². The van der Waals surface area contributed by atoms with E-state index in [1.165, 1.54) is 22.3 Å². The fourth-order valence-electron chi connectivity index (χ4n) is 5.43. The van der Waals surface area contributed by atoms with E-state index in [1.54, 1.807) is 0 Å². The van der Waals surface area contributed by atoms with Gasteiger partial charge in [0.2, 0.25) is 0 Å². The second kappa shape index (κ2) is 10.9. The van der Waals surface area contributed by atoms with Crippen molar-refractivity contribution < 1.29 is 4.52 Å². The third-order valence-electron chi connectivity index (χ3n) is 6.81. The molecular weight excluding hydrogens is 455 g/mol. The van der Waals surface area contributed by atoms with Crippen molar-refractivity contribution in [3.05, 3.63) is 174 Å². The normalized spacial score (nSPS) is 12.4. The molecule has 0 fully saturated rings. The Morgan fingerprint density at radius 1 is 0.333 bits per heavy atom. The standard InChI is InChI=1S/C34H33OP/c1-6-16-30(17-7-1)26-36(27-31-18-8-2-9-19-31,28-32-20-10-3-11-21-32,29-33-22-12-4-13-23-33)35-34-24-14-5-15-25-34/h1-25H,26-29H2. The molecule has 1 nitrogen and oxygen atoms in total. The molecule has 0 aliphatic heterocycles. The van der Waals surface area contributed by atoms with Crippen molar-refractivity contribution in [2.75, 3.05) is 0 Å². The van der Waals surface area contributed by atoms with Crippen molar-refractivity contribution in [1.82, 2.24) is 0 Å². The van der Waals surface area contributed by atoms with Crippen LogP contribution in [-0.4, -0.2) is 0 Å². The summed E-state index contributed by atoms with van der Waals surface area (Å²) in [6.45, 7) is -3.07. The van der Waals surface area contributed by atoms with Crippen LogP contribution >= 0.6 is 6.83 Å². The predicted octanol–water partition coefficient (Wildman–Crippen LogP) is 9.33. The zero-order valence-electron chi connectivity index (χ0n) is 20.6. The number of para-hydroxylation sites is 1. The molecule has 0 spiro atoms. The Hall–Kier alpha value is -3.67. The Labute approximate surface area is 215 Å². The van der Waals surface area contributed by atoms with Gasteiger partial charge in [0.25, 0.3) is 0 Å². The van der Waals surface area contributed by atoms with Crippen LogP contribution in [0.3, 0.4) is 0 Å². The minimum absolute atomic E-state index is 0.903. The Balaban J connectivity index is 1.76. The number of rotatable bonds is 10. The van der Waals surface area contributed by atoms with Crippen LogP contribution in [0.4, 0.5) is 0 Å². The van der Waals surface area contributed by atoms with Crippen molar-refractivity contribution in [2.45, 2.75) is 24.6 Å². The predicted molar refractivity (Wildman–Crippen MR) is 155 cm³/mol. The first-order valence-electron chi connectivity index (χ1n) is 12.6. The first-order valence-corrected chi connectivity index (χ1v) is 15.5. The van der Waals surface area contributed by atoms with Gasteiger partial charge in [-0.1, -0.05) is 0 Å². The fraction of sp³-hybridized carbons (Fsp3) is 0.118. The zero-order valence-corrected chi connectivity index (χ0v) is 21.5.